The first kappa shape index (κ1) is 17.6. The number of carboxylic acids is 1. The van der Waals surface area contributed by atoms with E-state index in [2.05, 4.69) is 5.16 Å². The minimum absolute atomic E-state index is 0.202. The fourth-order valence-corrected chi connectivity index (χ4v) is 2.30. The number of hydrogen-bond donors (Lipinski definition) is 2. The van der Waals surface area contributed by atoms with Crippen molar-refractivity contribution in [3.8, 4) is 11.5 Å². The molecule has 6 nitrogen and oxygen atoms in total. The molecule has 24 heavy (non-hydrogen) atoms. The Bertz CT molecular complexity index is 743. The summed E-state index contributed by atoms with van der Waals surface area (Å²) in [4.78, 5) is 10.8. The highest BCUT2D eigenvalue weighted by molar-refractivity contribution is 6.32. The average Bonchev–Trinajstić information content (AvgIpc) is 2.55. The van der Waals surface area contributed by atoms with E-state index in [1.165, 1.54) is 18.3 Å². The molecule has 7 heteroatoms. The molecular formula is C17H16ClNO5. The standard InChI is InChI=1S/C17H16ClNO5/c1-2-23-15-8-12(9-19-22)7-14(18)16(15)24-10-11-3-5-13(6-4-11)17(20)21/h3-9,22H,2,10H2,1H3,(H,20,21)/b19-9+. The second-order valence-electron chi connectivity index (χ2n) is 4.80. The molecule has 0 aromatic heterocycles. The molecule has 126 valence electrons. The maximum atomic E-state index is 10.8. The molecular weight excluding hydrogens is 334 g/mol. The minimum atomic E-state index is -0.981. The van der Waals surface area contributed by atoms with Gasteiger partial charge in [0, 0.05) is 5.56 Å². The van der Waals surface area contributed by atoms with Gasteiger partial charge < -0.3 is 19.8 Å². The van der Waals surface area contributed by atoms with Gasteiger partial charge in [0.2, 0.25) is 0 Å². The Hall–Kier alpha value is -2.73. The predicted octanol–water partition coefficient (Wildman–Crippen LogP) is 3.82. The summed E-state index contributed by atoms with van der Waals surface area (Å²) >= 11 is 6.21. The van der Waals surface area contributed by atoms with Gasteiger partial charge in [0.25, 0.3) is 0 Å². The van der Waals surface area contributed by atoms with Gasteiger partial charge in [-0.25, -0.2) is 4.79 Å². The molecule has 2 aromatic rings. The molecule has 0 aliphatic rings. The van der Waals surface area contributed by atoms with E-state index in [0.29, 0.717) is 28.7 Å². The van der Waals surface area contributed by atoms with Crippen LogP contribution >= 0.6 is 11.6 Å². The Balaban J connectivity index is 2.20. The first-order chi connectivity index (χ1) is 11.5. The lowest BCUT2D eigenvalue weighted by atomic mass is 10.1. The molecule has 0 fully saturated rings. The first-order valence-corrected chi connectivity index (χ1v) is 7.51. The molecule has 0 unspecified atom stereocenters. The van der Waals surface area contributed by atoms with E-state index in [0.717, 1.165) is 5.56 Å². The van der Waals surface area contributed by atoms with Crippen LogP contribution in [0.2, 0.25) is 5.02 Å². The predicted molar refractivity (Wildman–Crippen MR) is 89.7 cm³/mol. The van der Waals surface area contributed by atoms with Crippen molar-refractivity contribution in [3.05, 3.63) is 58.1 Å². The van der Waals surface area contributed by atoms with Crippen LogP contribution in [0.5, 0.6) is 11.5 Å². The summed E-state index contributed by atoms with van der Waals surface area (Å²) in [6, 6.07) is 9.60. The number of carbonyl (C=O) groups is 1. The lowest BCUT2D eigenvalue weighted by molar-refractivity contribution is 0.0697. The molecule has 0 saturated heterocycles. The summed E-state index contributed by atoms with van der Waals surface area (Å²) in [6.45, 7) is 2.45. The summed E-state index contributed by atoms with van der Waals surface area (Å²) in [5.74, 6) is -0.178. The largest absolute Gasteiger partial charge is 0.490 e. The Labute approximate surface area is 143 Å². The number of rotatable bonds is 7. The number of carboxylic acid groups (broad SMARTS) is 1. The molecule has 0 saturated carbocycles. The molecule has 0 spiro atoms. The SMILES string of the molecule is CCOc1cc(/C=N/O)cc(Cl)c1OCc1ccc(C(=O)O)cc1. The molecule has 0 aliphatic carbocycles. The second kappa shape index (κ2) is 8.21. The molecule has 0 atom stereocenters. The van der Waals surface area contributed by atoms with E-state index in [4.69, 9.17) is 31.4 Å². The Morgan fingerprint density at radius 1 is 1.25 bits per heavy atom. The number of oxime groups is 1. The Morgan fingerprint density at radius 3 is 2.54 bits per heavy atom. The molecule has 0 aliphatic heterocycles. The van der Waals surface area contributed by atoms with Gasteiger partial charge in [0.05, 0.1) is 23.4 Å². The third-order valence-electron chi connectivity index (χ3n) is 3.12. The number of halogens is 1. The van der Waals surface area contributed by atoms with Gasteiger partial charge in [-0.15, -0.1) is 0 Å². The fourth-order valence-electron chi connectivity index (χ4n) is 2.03. The van der Waals surface area contributed by atoms with Crippen LogP contribution in [-0.2, 0) is 6.61 Å². The topological polar surface area (TPSA) is 88.4 Å². The minimum Gasteiger partial charge on any atom is -0.490 e. The summed E-state index contributed by atoms with van der Waals surface area (Å²) < 4.78 is 11.2. The molecule has 2 N–H and O–H groups in total. The van der Waals surface area contributed by atoms with Crippen molar-refractivity contribution in [3.63, 3.8) is 0 Å². The van der Waals surface area contributed by atoms with Crippen LogP contribution in [0.4, 0.5) is 0 Å². The van der Waals surface area contributed by atoms with Crippen LogP contribution in [0.1, 0.15) is 28.4 Å². The molecule has 0 amide bonds. The van der Waals surface area contributed by atoms with Crippen molar-refractivity contribution < 1.29 is 24.6 Å². The van der Waals surface area contributed by atoms with Crippen molar-refractivity contribution in [1.82, 2.24) is 0 Å². The van der Waals surface area contributed by atoms with Gasteiger partial charge in [-0.3, -0.25) is 0 Å². The van der Waals surface area contributed by atoms with E-state index in [1.54, 1.807) is 24.3 Å². The summed E-state index contributed by atoms with van der Waals surface area (Å²) in [6.07, 6.45) is 1.24. The summed E-state index contributed by atoms with van der Waals surface area (Å²) in [5.41, 5.74) is 1.57. The lowest BCUT2D eigenvalue weighted by Crippen LogP contribution is -2.02. The number of benzene rings is 2. The molecule has 0 radical (unpaired) electrons. The number of nitrogens with zero attached hydrogens (tertiary/aromatic N) is 1. The number of ether oxygens (including phenoxy) is 2. The van der Waals surface area contributed by atoms with E-state index >= 15 is 0 Å². The second-order valence-corrected chi connectivity index (χ2v) is 5.21. The monoisotopic (exact) mass is 349 g/mol. The van der Waals surface area contributed by atoms with Crippen LogP contribution in [0.25, 0.3) is 0 Å². The van der Waals surface area contributed by atoms with E-state index < -0.39 is 5.97 Å². The normalized spacial score (nSPS) is 10.8. The maximum absolute atomic E-state index is 10.8. The zero-order valence-corrected chi connectivity index (χ0v) is 13.7. The number of aromatic carboxylic acids is 1. The first-order valence-electron chi connectivity index (χ1n) is 7.14. The smallest absolute Gasteiger partial charge is 0.335 e. The third-order valence-corrected chi connectivity index (χ3v) is 3.40. The number of hydrogen-bond acceptors (Lipinski definition) is 5. The van der Waals surface area contributed by atoms with Crippen molar-refractivity contribution >= 4 is 23.8 Å². The van der Waals surface area contributed by atoms with Crippen molar-refractivity contribution in [1.29, 1.82) is 0 Å². The van der Waals surface area contributed by atoms with E-state index in [-0.39, 0.29) is 12.2 Å². The van der Waals surface area contributed by atoms with E-state index in [9.17, 15) is 4.79 Å². The summed E-state index contributed by atoms with van der Waals surface area (Å²) in [5, 5.41) is 20.8. The van der Waals surface area contributed by atoms with Crippen molar-refractivity contribution in [2.24, 2.45) is 5.16 Å². The van der Waals surface area contributed by atoms with Crippen molar-refractivity contribution in [2.75, 3.05) is 6.61 Å². The van der Waals surface area contributed by atoms with Gasteiger partial charge in [0.15, 0.2) is 11.5 Å². The maximum Gasteiger partial charge on any atom is 0.335 e. The zero-order chi connectivity index (χ0) is 17.5. The highest BCUT2D eigenvalue weighted by atomic mass is 35.5. The summed E-state index contributed by atoms with van der Waals surface area (Å²) in [7, 11) is 0. The molecule has 0 heterocycles. The molecule has 2 aromatic carbocycles. The van der Waals surface area contributed by atoms with Gasteiger partial charge in [-0.2, -0.15) is 0 Å². The quantitative estimate of drug-likeness (QED) is 0.450. The lowest BCUT2D eigenvalue weighted by Gasteiger charge is -2.14. The van der Waals surface area contributed by atoms with Crippen molar-refractivity contribution in [2.45, 2.75) is 13.5 Å². The Morgan fingerprint density at radius 2 is 1.96 bits per heavy atom. The molecule has 0 bridgehead atoms. The third kappa shape index (κ3) is 4.39. The van der Waals surface area contributed by atoms with Crippen LogP contribution in [-0.4, -0.2) is 29.1 Å². The molecule has 2 rings (SSSR count). The van der Waals surface area contributed by atoms with Crippen LogP contribution in [0.15, 0.2) is 41.6 Å². The highest BCUT2D eigenvalue weighted by Crippen LogP contribution is 2.36. The van der Waals surface area contributed by atoms with Gasteiger partial charge in [-0.05, 0) is 36.8 Å². The van der Waals surface area contributed by atoms with Crippen LogP contribution < -0.4 is 9.47 Å². The average molecular weight is 350 g/mol. The highest BCUT2D eigenvalue weighted by Gasteiger charge is 2.13. The van der Waals surface area contributed by atoms with E-state index in [1.807, 2.05) is 6.92 Å². The van der Waals surface area contributed by atoms with Gasteiger partial charge >= 0.3 is 5.97 Å². The Kier molecular flexibility index (Phi) is 6.03. The van der Waals surface area contributed by atoms with Gasteiger partial charge in [-0.1, -0.05) is 28.9 Å². The zero-order valence-electron chi connectivity index (χ0n) is 12.9. The fraction of sp³-hybridized carbons (Fsp3) is 0.176. The van der Waals surface area contributed by atoms with Gasteiger partial charge in [0.1, 0.15) is 6.61 Å². The van der Waals surface area contributed by atoms with Crippen LogP contribution in [0.3, 0.4) is 0 Å². The van der Waals surface area contributed by atoms with Crippen LogP contribution in [0, 0.1) is 0 Å².